The molecule has 15 heavy (non-hydrogen) atoms. The maximum Gasteiger partial charge on any atom is 0.265 e. The average molecular weight is 270 g/mol. The second-order valence-electron chi connectivity index (χ2n) is 3.11. The fourth-order valence-electron chi connectivity index (χ4n) is 1.33. The van der Waals surface area contributed by atoms with Crippen molar-refractivity contribution in [3.05, 3.63) is 32.5 Å². The van der Waals surface area contributed by atoms with E-state index in [4.69, 9.17) is 4.52 Å². The highest BCUT2D eigenvalue weighted by Crippen LogP contribution is 2.22. The summed E-state index contributed by atoms with van der Waals surface area (Å²) in [4.78, 5) is 18.1. The van der Waals surface area contributed by atoms with Crippen molar-refractivity contribution in [2.45, 2.75) is 13.8 Å². The Balaban J connectivity index is 2.65. The second kappa shape index (κ2) is 3.62. The molecule has 0 amide bonds. The van der Waals surface area contributed by atoms with Gasteiger partial charge in [-0.3, -0.25) is 4.79 Å². The summed E-state index contributed by atoms with van der Waals surface area (Å²) >= 11 is 3.08. The second-order valence-corrected chi connectivity index (χ2v) is 3.96. The quantitative estimate of drug-likeness (QED) is 0.857. The molecule has 0 radical (unpaired) electrons. The molecule has 0 aliphatic carbocycles. The van der Waals surface area contributed by atoms with Crippen LogP contribution in [0.5, 0.6) is 0 Å². The van der Waals surface area contributed by atoms with Crippen LogP contribution in [0.25, 0.3) is 11.4 Å². The monoisotopic (exact) mass is 269 g/mol. The molecule has 0 spiro atoms. The van der Waals surface area contributed by atoms with Gasteiger partial charge in [0.05, 0.1) is 11.3 Å². The predicted octanol–water partition coefficient (Wildman–Crippen LogP) is 1.80. The van der Waals surface area contributed by atoms with Crippen molar-refractivity contribution in [1.29, 1.82) is 0 Å². The molecule has 0 aliphatic heterocycles. The van der Waals surface area contributed by atoms with E-state index in [0.717, 1.165) is 5.56 Å². The first-order valence-corrected chi connectivity index (χ1v) is 5.07. The minimum absolute atomic E-state index is 0.222. The number of aromatic nitrogens is 3. The summed E-state index contributed by atoms with van der Waals surface area (Å²) in [7, 11) is 0. The van der Waals surface area contributed by atoms with Gasteiger partial charge in [0.2, 0.25) is 0 Å². The Morgan fingerprint density at radius 3 is 2.73 bits per heavy atom. The molecule has 0 aliphatic rings. The fourth-order valence-corrected chi connectivity index (χ4v) is 1.53. The Kier molecular flexibility index (Phi) is 2.44. The lowest BCUT2D eigenvalue weighted by atomic mass is 10.2. The number of hydrogen-bond donors (Lipinski definition) is 1. The zero-order valence-electron chi connectivity index (χ0n) is 8.17. The summed E-state index contributed by atoms with van der Waals surface area (Å²) in [5.41, 5.74) is 1.22. The number of nitrogens with zero attached hydrogens (tertiary/aromatic N) is 2. The van der Waals surface area contributed by atoms with Crippen LogP contribution in [0.15, 0.2) is 20.0 Å². The van der Waals surface area contributed by atoms with Crippen molar-refractivity contribution in [3.63, 3.8) is 0 Å². The summed E-state index contributed by atoms with van der Waals surface area (Å²) in [6.07, 6.45) is 1.46. The SMILES string of the molecule is Cc1noc(C)c1-c1ncc(Br)c(=O)[nH]1. The molecule has 2 rings (SSSR count). The summed E-state index contributed by atoms with van der Waals surface area (Å²) in [6.45, 7) is 3.57. The third-order valence-corrected chi connectivity index (χ3v) is 2.59. The highest BCUT2D eigenvalue weighted by Gasteiger charge is 2.13. The Bertz CT molecular complexity index is 539. The molecule has 0 atom stereocenters. The van der Waals surface area contributed by atoms with E-state index >= 15 is 0 Å². The molecule has 0 fully saturated rings. The standard InChI is InChI=1S/C9H8BrN3O2/c1-4-7(5(2)15-13-4)8-11-3-6(10)9(14)12-8/h3H,1-2H3,(H,11,12,14). The number of hydrogen-bond acceptors (Lipinski definition) is 4. The highest BCUT2D eigenvalue weighted by molar-refractivity contribution is 9.10. The predicted molar refractivity (Wildman–Crippen MR) is 57.5 cm³/mol. The summed E-state index contributed by atoms with van der Waals surface area (Å²) in [6, 6.07) is 0. The van der Waals surface area contributed by atoms with Crippen molar-refractivity contribution < 1.29 is 4.52 Å². The highest BCUT2D eigenvalue weighted by atomic mass is 79.9. The minimum Gasteiger partial charge on any atom is -0.361 e. The van der Waals surface area contributed by atoms with Gasteiger partial charge in [-0.1, -0.05) is 5.16 Å². The van der Waals surface area contributed by atoms with Gasteiger partial charge < -0.3 is 9.51 Å². The van der Waals surface area contributed by atoms with E-state index in [1.807, 2.05) is 0 Å². The van der Waals surface area contributed by atoms with Crippen LogP contribution < -0.4 is 5.56 Å². The molecular weight excluding hydrogens is 262 g/mol. The van der Waals surface area contributed by atoms with Gasteiger partial charge in [-0.05, 0) is 29.8 Å². The van der Waals surface area contributed by atoms with E-state index in [1.54, 1.807) is 13.8 Å². The van der Waals surface area contributed by atoms with Crippen LogP contribution in [-0.4, -0.2) is 15.1 Å². The van der Waals surface area contributed by atoms with Gasteiger partial charge in [0.1, 0.15) is 16.1 Å². The number of aromatic amines is 1. The molecule has 0 saturated carbocycles. The maximum absolute atomic E-state index is 11.4. The molecule has 0 saturated heterocycles. The smallest absolute Gasteiger partial charge is 0.265 e. The van der Waals surface area contributed by atoms with Gasteiger partial charge >= 0.3 is 0 Å². The lowest BCUT2D eigenvalue weighted by Gasteiger charge is -1.98. The van der Waals surface area contributed by atoms with E-state index in [2.05, 4.69) is 31.1 Å². The molecule has 0 bridgehead atoms. The summed E-state index contributed by atoms with van der Waals surface area (Å²) in [5.74, 6) is 1.11. The molecule has 5 nitrogen and oxygen atoms in total. The van der Waals surface area contributed by atoms with Crippen LogP contribution in [0, 0.1) is 13.8 Å². The van der Waals surface area contributed by atoms with Crippen molar-refractivity contribution in [2.24, 2.45) is 0 Å². The van der Waals surface area contributed by atoms with Crippen LogP contribution in [0.2, 0.25) is 0 Å². The van der Waals surface area contributed by atoms with Crippen LogP contribution in [0.3, 0.4) is 0 Å². The molecule has 2 heterocycles. The van der Waals surface area contributed by atoms with E-state index in [-0.39, 0.29) is 5.56 Å². The van der Waals surface area contributed by atoms with Gasteiger partial charge in [-0.25, -0.2) is 4.98 Å². The fraction of sp³-hybridized carbons (Fsp3) is 0.222. The van der Waals surface area contributed by atoms with Gasteiger partial charge in [-0.15, -0.1) is 0 Å². The zero-order chi connectivity index (χ0) is 11.0. The first-order valence-electron chi connectivity index (χ1n) is 4.27. The largest absolute Gasteiger partial charge is 0.361 e. The molecule has 78 valence electrons. The topological polar surface area (TPSA) is 71.8 Å². The Labute approximate surface area is 93.7 Å². The third kappa shape index (κ3) is 1.72. The first-order chi connectivity index (χ1) is 7.09. The molecule has 1 N–H and O–H groups in total. The van der Waals surface area contributed by atoms with E-state index in [1.165, 1.54) is 6.20 Å². The van der Waals surface area contributed by atoms with Crippen LogP contribution >= 0.6 is 15.9 Å². The van der Waals surface area contributed by atoms with Gasteiger partial charge in [0, 0.05) is 6.20 Å². The number of rotatable bonds is 1. The molecule has 2 aromatic rings. The molecule has 0 aromatic carbocycles. The molecule has 2 aromatic heterocycles. The number of nitrogens with one attached hydrogen (secondary N) is 1. The first kappa shape index (κ1) is 10.1. The zero-order valence-corrected chi connectivity index (χ0v) is 9.75. The van der Waals surface area contributed by atoms with Gasteiger partial charge in [0.15, 0.2) is 0 Å². The molecular formula is C9H8BrN3O2. The summed E-state index contributed by atoms with van der Waals surface area (Å²) < 4.78 is 5.40. The lowest BCUT2D eigenvalue weighted by molar-refractivity contribution is 0.393. The van der Waals surface area contributed by atoms with E-state index < -0.39 is 0 Å². The number of halogens is 1. The van der Waals surface area contributed by atoms with Gasteiger partial charge in [0.25, 0.3) is 5.56 Å². The Morgan fingerprint density at radius 2 is 2.20 bits per heavy atom. The molecule has 6 heteroatoms. The number of aryl methyl sites for hydroxylation is 2. The minimum atomic E-state index is -0.222. The van der Waals surface area contributed by atoms with Crippen LogP contribution in [-0.2, 0) is 0 Å². The third-order valence-electron chi connectivity index (χ3n) is 2.03. The van der Waals surface area contributed by atoms with Crippen molar-refractivity contribution in [3.8, 4) is 11.4 Å². The Morgan fingerprint density at radius 1 is 1.47 bits per heavy atom. The average Bonchev–Trinajstić information content (AvgIpc) is 2.52. The van der Waals surface area contributed by atoms with Crippen molar-refractivity contribution >= 4 is 15.9 Å². The Hall–Kier alpha value is -1.43. The van der Waals surface area contributed by atoms with Crippen molar-refractivity contribution in [2.75, 3.05) is 0 Å². The number of H-pyrrole nitrogens is 1. The van der Waals surface area contributed by atoms with Crippen LogP contribution in [0.1, 0.15) is 11.5 Å². The summed E-state index contributed by atoms with van der Waals surface area (Å²) in [5, 5.41) is 3.80. The van der Waals surface area contributed by atoms with Crippen LogP contribution in [0.4, 0.5) is 0 Å². The van der Waals surface area contributed by atoms with Gasteiger partial charge in [-0.2, -0.15) is 0 Å². The normalized spacial score (nSPS) is 10.6. The molecule has 0 unspecified atom stereocenters. The van der Waals surface area contributed by atoms with Crippen molar-refractivity contribution in [1.82, 2.24) is 15.1 Å². The lowest BCUT2D eigenvalue weighted by Crippen LogP contribution is -2.09. The van der Waals surface area contributed by atoms with E-state index in [9.17, 15) is 4.79 Å². The maximum atomic E-state index is 11.4. The van der Waals surface area contributed by atoms with E-state index in [0.29, 0.717) is 21.8 Å².